The van der Waals surface area contributed by atoms with Gasteiger partial charge in [0, 0.05) is 17.4 Å². The van der Waals surface area contributed by atoms with Gasteiger partial charge in [-0.2, -0.15) is 18.3 Å². The summed E-state index contributed by atoms with van der Waals surface area (Å²) in [6.45, 7) is 6.59. The summed E-state index contributed by atoms with van der Waals surface area (Å²) in [4.78, 5) is 36.0. The molecule has 1 aromatic heterocycles. The molecule has 0 fully saturated rings. The summed E-state index contributed by atoms with van der Waals surface area (Å²) in [6.07, 6.45) is -5.14. The average molecular weight is 670 g/mol. The van der Waals surface area contributed by atoms with E-state index in [4.69, 9.17) is 11.5 Å². The predicted molar refractivity (Wildman–Crippen MR) is 173 cm³/mol. The number of aliphatic hydroxyl groups is 1. The standard InChI is InChI=1S/C35H39F4N5O4/c1-20-14-22(12-13-34(48,35(37,38)39)19-33(3,4)27-17-24(36)9-8-21(27)2)26-18-42-44(29(26)15-20)25-7-5-6-23(16-25)32(47)43-28(31(41)46)10-11-30(40)45/h5-9,14-18,28,48H,10-13,19H2,1-4H3,(H2,40,45)(H2,41,46)(H,43,47)/t28-,34?/m1/s1. The highest BCUT2D eigenvalue weighted by atomic mass is 19.4. The number of hydrogen-bond donors (Lipinski definition) is 4. The zero-order valence-electron chi connectivity index (χ0n) is 27.1. The first-order chi connectivity index (χ1) is 22.3. The Morgan fingerprint density at radius 3 is 2.38 bits per heavy atom. The number of aromatic nitrogens is 2. The largest absolute Gasteiger partial charge is 0.417 e. The third-order valence-electron chi connectivity index (χ3n) is 8.60. The second kappa shape index (κ2) is 13.8. The molecule has 4 rings (SSSR count). The summed E-state index contributed by atoms with van der Waals surface area (Å²) >= 11 is 0. The molecule has 0 aliphatic carbocycles. The summed E-state index contributed by atoms with van der Waals surface area (Å²) in [5.41, 5.74) is 9.70. The molecule has 48 heavy (non-hydrogen) atoms. The van der Waals surface area contributed by atoms with Crippen LogP contribution < -0.4 is 16.8 Å². The van der Waals surface area contributed by atoms with Crippen molar-refractivity contribution in [2.75, 3.05) is 0 Å². The molecule has 0 saturated carbocycles. The Hall–Kier alpha value is -4.78. The highest BCUT2D eigenvalue weighted by Gasteiger charge is 2.55. The Labute approximate surface area is 275 Å². The second-order valence-electron chi connectivity index (χ2n) is 12.9. The van der Waals surface area contributed by atoms with Crippen LogP contribution in [0.3, 0.4) is 0 Å². The van der Waals surface area contributed by atoms with Crippen LogP contribution >= 0.6 is 0 Å². The minimum atomic E-state index is -4.97. The van der Waals surface area contributed by atoms with Gasteiger partial charge in [0.2, 0.25) is 11.8 Å². The lowest BCUT2D eigenvalue weighted by atomic mass is 9.72. The van der Waals surface area contributed by atoms with Gasteiger partial charge in [0.25, 0.3) is 5.91 Å². The van der Waals surface area contributed by atoms with Crippen LogP contribution in [0.2, 0.25) is 0 Å². The molecule has 0 spiro atoms. The fraction of sp³-hybridized carbons (Fsp3) is 0.371. The Kier molecular flexibility index (Phi) is 10.3. The summed E-state index contributed by atoms with van der Waals surface area (Å²) in [6, 6.07) is 12.7. The van der Waals surface area contributed by atoms with Gasteiger partial charge in [-0.05, 0) is 104 Å². The summed E-state index contributed by atoms with van der Waals surface area (Å²) in [7, 11) is 0. The van der Waals surface area contributed by atoms with Gasteiger partial charge in [0.1, 0.15) is 11.9 Å². The summed E-state index contributed by atoms with van der Waals surface area (Å²) < 4.78 is 59.2. The number of rotatable bonds is 13. The van der Waals surface area contributed by atoms with Crippen molar-refractivity contribution in [2.45, 2.75) is 83.0 Å². The molecule has 0 aliphatic heterocycles. The van der Waals surface area contributed by atoms with Gasteiger partial charge in [0.05, 0.1) is 17.4 Å². The summed E-state index contributed by atoms with van der Waals surface area (Å²) in [5.74, 6) is -2.67. The predicted octanol–water partition coefficient (Wildman–Crippen LogP) is 5.22. The fourth-order valence-electron chi connectivity index (χ4n) is 6.18. The number of carbonyl (C=O) groups is 3. The topological polar surface area (TPSA) is 153 Å². The van der Waals surface area contributed by atoms with Gasteiger partial charge in [-0.1, -0.05) is 32.0 Å². The Bertz CT molecular complexity index is 1850. The lowest BCUT2D eigenvalue weighted by Gasteiger charge is -2.38. The molecule has 6 N–H and O–H groups in total. The number of carbonyl (C=O) groups excluding carboxylic acids is 3. The highest BCUT2D eigenvalue weighted by Crippen LogP contribution is 2.44. The summed E-state index contributed by atoms with van der Waals surface area (Å²) in [5, 5.41) is 18.7. The smallest absolute Gasteiger partial charge is 0.380 e. The first kappa shape index (κ1) is 36.1. The quantitative estimate of drug-likeness (QED) is 0.144. The van der Waals surface area contributed by atoms with Crippen LogP contribution in [0.4, 0.5) is 17.6 Å². The van der Waals surface area contributed by atoms with Gasteiger partial charge in [-0.15, -0.1) is 0 Å². The molecule has 1 unspecified atom stereocenters. The Morgan fingerprint density at radius 2 is 1.73 bits per heavy atom. The van der Waals surface area contributed by atoms with E-state index in [1.165, 1.54) is 41.2 Å². The maximum Gasteiger partial charge on any atom is 0.417 e. The number of fused-ring (bicyclic) bond motifs is 1. The van der Waals surface area contributed by atoms with Crippen LogP contribution in [-0.2, 0) is 21.4 Å². The van der Waals surface area contributed by atoms with Crippen molar-refractivity contribution in [3.8, 4) is 5.69 Å². The van der Waals surface area contributed by atoms with Gasteiger partial charge in [-0.25, -0.2) is 9.07 Å². The molecule has 0 bridgehead atoms. The van der Waals surface area contributed by atoms with E-state index in [9.17, 15) is 37.1 Å². The van der Waals surface area contributed by atoms with Crippen LogP contribution in [0.15, 0.2) is 60.8 Å². The lowest BCUT2D eigenvalue weighted by Crippen LogP contribution is -2.49. The molecule has 0 saturated heterocycles. The van der Waals surface area contributed by atoms with Crippen LogP contribution in [-0.4, -0.2) is 50.4 Å². The maximum absolute atomic E-state index is 14.5. The van der Waals surface area contributed by atoms with E-state index < -0.39 is 59.6 Å². The average Bonchev–Trinajstić information content (AvgIpc) is 3.42. The molecule has 4 aromatic rings. The molecule has 0 aliphatic rings. The van der Waals surface area contributed by atoms with Crippen molar-refractivity contribution < 1.29 is 37.1 Å². The Morgan fingerprint density at radius 1 is 1.02 bits per heavy atom. The number of primary amides is 2. The number of halogens is 4. The van der Waals surface area contributed by atoms with Crippen LogP contribution in [0, 0.1) is 19.7 Å². The van der Waals surface area contributed by atoms with Crippen molar-refractivity contribution in [3.63, 3.8) is 0 Å². The van der Waals surface area contributed by atoms with Crippen molar-refractivity contribution in [1.82, 2.24) is 15.1 Å². The van der Waals surface area contributed by atoms with Gasteiger partial charge >= 0.3 is 6.18 Å². The molecule has 256 valence electrons. The van der Waals surface area contributed by atoms with Crippen LogP contribution in [0.25, 0.3) is 16.6 Å². The zero-order valence-corrected chi connectivity index (χ0v) is 27.1. The number of nitrogens with one attached hydrogen (secondary N) is 1. The number of nitrogens with two attached hydrogens (primary N) is 2. The number of benzene rings is 3. The normalized spacial score (nSPS) is 14.0. The SMILES string of the molecule is Cc1cc(CCC(O)(CC(C)(C)c2cc(F)ccc2C)C(F)(F)F)c2cnn(-c3cccc(C(=O)N[C@H](CCC(N)=O)C(N)=O)c3)c2c1. The molecule has 3 aromatic carbocycles. The van der Waals surface area contributed by atoms with Crippen LogP contribution in [0.5, 0.6) is 0 Å². The molecular formula is C35H39F4N5O4. The molecule has 9 nitrogen and oxygen atoms in total. The number of aryl methyl sites for hydroxylation is 3. The minimum Gasteiger partial charge on any atom is -0.380 e. The minimum absolute atomic E-state index is 0.0622. The molecule has 1 heterocycles. The zero-order chi connectivity index (χ0) is 35.6. The third kappa shape index (κ3) is 8.01. The number of nitrogens with zero attached hydrogens (tertiary/aromatic N) is 2. The maximum atomic E-state index is 14.5. The van der Waals surface area contributed by atoms with E-state index >= 15 is 0 Å². The number of hydrogen-bond acceptors (Lipinski definition) is 5. The highest BCUT2D eigenvalue weighted by molar-refractivity contribution is 5.98. The van der Waals surface area contributed by atoms with Gasteiger partial charge < -0.3 is 21.9 Å². The van der Waals surface area contributed by atoms with E-state index in [0.717, 1.165) is 5.56 Å². The monoisotopic (exact) mass is 669 g/mol. The van der Waals surface area contributed by atoms with Crippen molar-refractivity contribution in [1.29, 1.82) is 0 Å². The molecule has 13 heteroatoms. The first-order valence-electron chi connectivity index (χ1n) is 15.3. The molecular weight excluding hydrogens is 630 g/mol. The van der Waals surface area contributed by atoms with E-state index in [1.807, 2.05) is 0 Å². The second-order valence-corrected chi connectivity index (χ2v) is 12.9. The van der Waals surface area contributed by atoms with E-state index in [-0.39, 0.29) is 24.8 Å². The van der Waals surface area contributed by atoms with Crippen molar-refractivity contribution >= 4 is 28.6 Å². The fourth-order valence-corrected chi connectivity index (χ4v) is 6.18. The van der Waals surface area contributed by atoms with Gasteiger partial charge in [-0.3, -0.25) is 14.4 Å². The number of alkyl halides is 3. The van der Waals surface area contributed by atoms with E-state index in [1.54, 1.807) is 52.0 Å². The Balaban J connectivity index is 1.62. The molecule has 0 radical (unpaired) electrons. The first-order valence-corrected chi connectivity index (χ1v) is 15.3. The van der Waals surface area contributed by atoms with E-state index in [2.05, 4.69) is 10.4 Å². The van der Waals surface area contributed by atoms with Crippen molar-refractivity contribution in [3.05, 3.63) is 94.4 Å². The molecule has 3 amide bonds. The van der Waals surface area contributed by atoms with E-state index in [0.29, 0.717) is 33.3 Å². The lowest BCUT2D eigenvalue weighted by molar-refractivity contribution is -0.269. The number of amides is 3. The third-order valence-corrected chi connectivity index (χ3v) is 8.60. The van der Waals surface area contributed by atoms with Crippen LogP contribution in [0.1, 0.15) is 72.1 Å². The van der Waals surface area contributed by atoms with Gasteiger partial charge in [0.15, 0.2) is 5.60 Å². The van der Waals surface area contributed by atoms with Crippen molar-refractivity contribution in [2.24, 2.45) is 11.5 Å². The molecule has 2 atom stereocenters.